The molecule has 0 radical (unpaired) electrons. The first-order chi connectivity index (χ1) is 13.5. The minimum Gasteiger partial charge on any atom is -0.481 e. The van der Waals surface area contributed by atoms with Gasteiger partial charge >= 0.3 is 11.9 Å². The zero-order valence-corrected chi connectivity index (χ0v) is 18.4. The summed E-state index contributed by atoms with van der Waals surface area (Å²) in [6.07, 6.45) is 8.95. The van der Waals surface area contributed by atoms with Gasteiger partial charge in [-0.1, -0.05) is 11.2 Å². The first-order valence-corrected chi connectivity index (χ1v) is 13.9. The van der Waals surface area contributed by atoms with Crippen molar-refractivity contribution in [1.29, 1.82) is 0 Å². The monoisotopic (exact) mass is 440 g/mol. The van der Waals surface area contributed by atoms with Crippen molar-refractivity contribution in [3.8, 4) is 0 Å². The lowest BCUT2D eigenvalue weighted by Gasteiger charge is -2.67. The van der Waals surface area contributed by atoms with Crippen LogP contribution in [0.2, 0.25) is 0 Å². The summed E-state index contributed by atoms with van der Waals surface area (Å²) in [5.74, 6) is -0.243. The smallest absolute Gasteiger partial charge is 0.309 e. The molecule has 0 aromatic carbocycles. The third-order valence-electron chi connectivity index (χ3n) is 10.2. The van der Waals surface area contributed by atoms with E-state index in [1.54, 1.807) is 0 Å². The number of hydrogen-bond acceptors (Lipinski definition) is 3. The van der Waals surface area contributed by atoms with E-state index in [-0.39, 0.29) is 0 Å². The summed E-state index contributed by atoms with van der Waals surface area (Å²) < 4.78 is 14.8. The number of carboxylic acids is 2. The van der Waals surface area contributed by atoms with Crippen LogP contribution in [0.3, 0.4) is 0 Å². The highest BCUT2D eigenvalue weighted by atomic mass is 35.7. The molecule has 8 aliphatic rings. The normalized spacial score (nSPS) is 56.3. The van der Waals surface area contributed by atoms with Gasteiger partial charge in [0.05, 0.1) is 10.8 Å². The molecule has 7 heteroatoms. The minimum atomic E-state index is -3.31. The standard InChI is InChI=1S/C22H30ClO5P/c23-29(28,21-7-13-1-14(8-21)4-19(3-13,11-21)17(24)25)22-9-15-2-16(10-22)6-20(5-15,12-22)18(26)27/h13-16H,1-12H2,(H,24,25)(H,26,27)/t13-,14-,15-,16+,19?,20?,21?,22?,29?/m0/s1. The Hall–Kier alpha value is -0.540. The topological polar surface area (TPSA) is 91.7 Å². The molecule has 0 amide bonds. The van der Waals surface area contributed by atoms with E-state index in [4.69, 9.17) is 11.2 Å². The van der Waals surface area contributed by atoms with Gasteiger partial charge in [-0.05, 0) is 101 Å². The third-order valence-corrected chi connectivity index (χ3v) is 15.8. The number of carboxylic acid groups (broad SMARTS) is 2. The summed E-state index contributed by atoms with van der Waals surface area (Å²) >= 11 is 7.28. The van der Waals surface area contributed by atoms with Crippen molar-refractivity contribution in [2.75, 3.05) is 0 Å². The molecule has 0 heterocycles. The molecule has 8 fully saturated rings. The summed E-state index contributed by atoms with van der Waals surface area (Å²) in [6, 6.07) is 0. The third kappa shape index (κ3) is 2.22. The Balaban J connectivity index is 1.45. The summed E-state index contributed by atoms with van der Waals surface area (Å²) in [7, 11) is 0. The maximum absolute atomic E-state index is 14.8. The second-order valence-electron chi connectivity index (χ2n) is 12.1. The van der Waals surface area contributed by atoms with Crippen LogP contribution >= 0.6 is 17.7 Å². The second kappa shape index (κ2) is 5.44. The van der Waals surface area contributed by atoms with E-state index < -0.39 is 39.6 Å². The molecule has 2 N–H and O–H groups in total. The number of carbonyl (C=O) groups is 2. The van der Waals surface area contributed by atoms with Crippen LogP contribution in [0.4, 0.5) is 0 Å². The van der Waals surface area contributed by atoms with Crippen LogP contribution in [0.25, 0.3) is 0 Å². The molecule has 8 bridgehead atoms. The van der Waals surface area contributed by atoms with Gasteiger partial charge < -0.3 is 14.8 Å². The van der Waals surface area contributed by atoms with Gasteiger partial charge in [-0.25, -0.2) is 0 Å². The van der Waals surface area contributed by atoms with Crippen molar-refractivity contribution in [1.82, 2.24) is 0 Å². The average molecular weight is 441 g/mol. The second-order valence-corrected chi connectivity index (χ2v) is 16.5. The van der Waals surface area contributed by atoms with Gasteiger partial charge in [0.25, 0.3) is 0 Å². The molecule has 0 aromatic rings. The first kappa shape index (κ1) is 19.2. The molecule has 160 valence electrons. The predicted octanol–water partition coefficient (Wildman–Crippen LogP) is 5.35. The van der Waals surface area contributed by atoms with E-state index in [1.807, 2.05) is 0 Å². The molecule has 0 saturated heterocycles. The van der Waals surface area contributed by atoms with Crippen molar-refractivity contribution >= 4 is 29.7 Å². The van der Waals surface area contributed by atoms with E-state index >= 15 is 0 Å². The highest BCUT2D eigenvalue weighted by Gasteiger charge is 2.74. The maximum atomic E-state index is 14.8. The number of halogens is 1. The molecule has 0 aliphatic heterocycles. The van der Waals surface area contributed by atoms with Gasteiger partial charge in [-0.15, -0.1) is 0 Å². The van der Waals surface area contributed by atoms with E-state index in [2.05, 4.69) is 0 Å². The van der Waals surface area contributed by atoms with Gasteiger partial charge in [-0.2, -0.15) is 0 Å². The summed E-state index contributed by atoms with van der Waals surface area (Å²) in [4.78, 5) is 24.6. The molecule has 8 saturated carbocycles. The summed E-state index contributed by atoms with van der Waals surface area (Å²) in [6.45, 7) is -3.31. The zero-order valence-electron chi connectivity index (χ0n) is 16.7. The van der Waals surface area contributed by atoms with Crippen molar-refractivity contribution in [3.05, 3.63) is 0 Å². The molecular weight excluding hydrogens is 411 g/mol. The van der Waals surface area contributed by atoms with Crippen LogP contribution in [0.15, 0.2) is 0 Å². The Morgan fingerprint density at radius 2 is 1.00 bits per heavy atom. The van der Waals surface area contributed by atoms with Gasteiger partial charge in [-0.3, -0.25) is 9.59 Å². The van der Waals surface area contributed by atoms with Crippen LogP contribution in [0, 0.1) is 34.5 Å². The lowest BCUT2D eigenvalue weighted by molar-refractivity contribution is -0.164. The lowest BCUT2D eigenvalue weighted by atomic mass is 9.48. The predicted molar refractivity (Wildman–Crippen MR) is 108 cm³/mol. The fourth-order valence-electron chi connectivity index (χ4n) is 10.1. The maximum Gasteiger partial charge on any atom is 0.309 e. The minimum absolute atomic E-state index is 0.307. The van der Waals surface area contributed by atoms with Gasteiger partial charge in [0, 0.05) is 10.3 Å². The van der Waals surface area contributed by atoms with Gasteiger partial charge in [0.2, 0.25) is 0 Å². The quantitative estimate of drug-likeness (QED) is 0.575. The first-order valence-electron chi connectivity index (χ1n) is 11.3. The van der Waals surface area contributed by atoms with Crippen LogP contribution in [0.5, 0.6) is 0 Å². The van der Waals surface area contributed by atoms with E-state index in [9.17, 15) is 24.4 Å². The lowest BCUT2D eigenvalue weighted by Crippen LogP contribution is -2.63. The Kier molecular flexibility index (Phi) is 3.59. The fraction of sp³-hybridized carbons (Fsp3) is 0.909. The van der Waals surface area contributed by atoms with Crippen LogP contribution in [0.1, 0.15) is 77.0 Å². The number of rotatable bonds is 4. The summed E-state index contributed by atoms with van der Waals surface area (Å²) in [5.41, 5.74) is -1.52. The van der Waals surface area contributed by atoms with Crippen molar-refractivity contribution in [2.45, 2.75) is 87.4 Å². The Morgan fingerprint density at radius 1 is 0.690 bits per heavy atom. The summed E-state index contributed by atoms with van der Waals surface area (Å²) in [5, 5.41) is 19.0. The molecular formula is C22H30ClO5P. The average Bonchev–Trinajstić information content (AvgIpc) is 2.59. The molecule has 3 unspecified atom stereocenters. The zero-order chi connectivity index (χ0) is 20.4. The van der Waals surface area contributed by atoms with Crippen molar-refractivity contribution < 1.29 is 24.4 Å². The highest BCUT2D eigenvalue weighted by molar-refractivity contribution is 7.91. The van der Waals surface area contributed by atoms with E-state index in [0.29, 0.717) is 62.2 Å². The SMILES string of the molecule is O=C(O)C12C[C@H]3C[C@@H](C1)CC(P(=O)(Cl)C14C[C@H]5C[C@@H](CC(C(=O)O)(C5)C1)C4)(C3)C2. The van der Waals surface area contributed by atoms with Gasteiger partial charge in [0.15, 0.2) is 6.49 Å². The highest BCUT2D eigenvalue weighted by Crippen LogP contribution is 2.87. The fourth-order valence-corrected chi connectivity index (χ4v) is 15.3. The molecule has 5 nitrogen and oxygen atoms in total. The molecule has 29 heavy (non-hydrogen) atoms. The van der Waals surface area contributed by atoms with Crippen molar-refractivity contribution in [3.63, 3.8) is 0 Å². The molecule has 0 spiro atoms. The van der Waals surface area contributed by atoms with E-state index in [1.165, 1.54) is 0 Å². The molecule has 7 atom stereocenters. The van der Waals surface area contributed by atoms with Crippen LogP contribution < -0.4 is 0 Å². The Labute approximate surface area is 176 Å². The molecule has 8 rings (SSSR count). The van der Waals surface area contributed by atoms with E-state index in [0.717, 1.165) is 38.5 Å². The number of hydrogen-bond donors (Lipinski definition) is 2. The number of aliphatic carboxylic acids is 2. The Bertz CT molecular complexity index is 773. The Morgan fingerprint density at radius 3 is 1.28 bits per heavy atom. The van der Waals surface area contributed by atoms with Gasteiger partial charge in [0.1, 0.15) is 0 Å². The molecule has 0 aromatic heterocycles. The molecule has 8 aliphatic carbocycles. The van der Waals surface area contributed by atoms with Crippen molar-refractivity contribution in [2.24, 2.45) is 34.5 Å². The van der Waals surface area contributed by atoms with Crippen LogP contribution in [-0.2, 0) is 14.2 Å². The van der Waals surface area contributed by atoms with Crippen LogP contribution in [-0.4, -0.2) is 32.5 Å². The largest absolute Gasteiger partial charge is 0.481 e.